The molecule has 19 heavy (non-hydrogen) atoms. The number of benzene rings is 1. The molecule has 0 aliphatic carbocycles. The number of hydrogen-bond acceptors (Lipinski definition) is 4. The summed E-state index contributed by atoms with van der Waals surface area (Å²) in [6, 6.07) is 4.25. The van der Waals surface area contributed by atoms with Crippen molar-refractivity contribution in [2.75, 3.05) is 27.2 Å². The van der Waals surface area contributed by atoms with Crippen LogP contribution in [0.3, 0.4) is 0 Å². The van der Waals surface area contributed by atoms with Gasteiger partial charge in [-0.2, -0.15) is 4.39 Å². The summed E-state index contributed by atoms with van der Waals surface area (Å²) in [5, 5.41) is 13.7. The van der Waals surface area contributed by atoms with E-state index in [0.29, 0.717) is 12.1 Å². The van der Waals surface area contributed by atoms with Crippen LogP contribution in [0.5, 0.6) is 0 Å². The van der Waals surface area contributed by atoms with Crippen LogP contribution in [0.25, 0.3) is 0 Å². The van der Waals surface area contributed by atoms with E-state index >= 15 is 0 Å². The zero-order valence-electron chi connectivity index (χ0n) is 11.4. The van der Waals surface area contributed by atoms with E-state index in [1.54, 1.807) is 6.07 Å². The first-order valence-electron chi connectivity index (χ1n) is 6.29. The van der Waals surface area contributed by atoms with Crippen molar-refractivity contribution in [2.45, 2.75) is 19.4 Å². The van der Waals surface area contributed by atoms with Gasteiger partial charge in [0.2, 0.25) is 5.82 Å². The Bertz CT molecular complexity index is 424. The van der Waals surface area contributed by atoms with E-state index in [1.807, 2.05) is 14.1 Å². The molecule has 5 nitrogen and oxygen atoms in total. The van der Waals surface area contributed by atoms with Gasteiger partial charge >= 0.3 is 5.69 Å². The number of nitrogens with zero attached hydrogens (tertiary/aromatic N) is 2. The van der Waals surface area contributed by atoms with E-state index in [4.69, 9.17) is 0 Å². The van der Waals surface area contributed by atoms with Crippen molar-refractivity contribution < 1.29 is 9.31 Å². The van der Waals surface area contributed by atoms with Crippen LogP contribution in [0, 0.1) is 15.9 Å². The summed E-state index contributed by atoms with van der Waals surface area (Å²) in [6.07, 6.45) is 2.06. The maximum absolute atomic E-state index is 13.7. The summed E-state index contributed by atoms with van der Waals surface area (Å²) < 4.78 is 13.7. The molecular weight excluding hydrogens is 249 g/mol. The second kappa shape index (κ2) is 7.81. The van der Waals surface area contributed by atoms with Crippen molar-refractivity contribution in [3.63, 3.8) is 0 Å². The quantitative estimate of drug-likeness (QED) is 0.446. The number of hydrogen-bond donors (Lipinski definition) is 1. The molecular formula is C13H20FN3O2. The number of nitro groups is 1. The van der Waals surface area contributed by atoms with Gasteiger partial charge in [-0.05, 0) is 40.0 Å². The molecule has 0 saturated carbocycles. The zero-order valence-corrected chi connectivity index (χ0v) is 11.4. The largest absolute Gasteiger partial charge is 0.313 e. The molecule has 0 amide bonds. The highest BCUT2D eigenvalue weighted by molar-refractivity contribution is 5.36. The Labute approximate surface area is 112 Å². The third kappa shape index (κ3) is 5.32. The summed E-state index contributed by atoms with van der Waals surface area (Å²) >= 11 is 0. The molecule has 0 bridgehead atoms. The van der Waals surface area contributed by atoms with Gasteiger partial charge in [-0.1, -0.05) is 12.1 Å². The van der Waals surface area contributed by atoms with Gasteiger partial charge in [-0.3, -0.25) is 10.1 Å². The zero-order chi connectivity index (χ0) is 14.3. The molecule has 0 fully saturated rings. The van der Waals surface area contributed by atoms with Gasteiger partial charge in [0.15, 0.2) is 0 Å². The molecule has 6 heteroatoms. The molecule has 0 radical (unpaired) electrons. The van der Waals surface area contributed by atoms with Crippen LogP contribution < -0.4 is 5.32 Å². The summed E-state index contributed by atoms with van der Waals surface area (Å²) in [4.78, 5) is 12.0. The first-order chi connectivity index (χ1) is 9.02. The third-order valence-electron chi connectivity index (χ3n) is 2.78. The van der Waals surface area contributed by atoms with Crippen LogP contribution in [-0.4, -0.2) is 37.0 Å². The van der Waals surface area contributed by atoms with E-state index in [-0.39, 0.29) is 0 Å². The Morgan fingerprint density at radius 2 is 2.11 bits per heavy atom. The second-order valence-electron chi connectivity index (χ2n) is 4.69. The smallest absolute Gasteiger partial charge is 0.305 e. The molecule has 1 N–H and O–H groups in total. The fraction of sp³-hybridized carbons (Fsp3) is 0.538. The Morgan fingerprint density at radius 3 is 2.74 bits per heavy atom. The van der Waals surface area contributed by atoms with Crippen molar-refractivity contribution in [1.29, 1.82) is 0 Å². The van der Waals surface area contributed by atoms with E-state index in [0.717, 1.165) is 25.9 Å². The SMILES string of the molecule is CN(C)CCCCNCc1cccc([N+](=O)[O-])c1F. The van der Waals surface area contributed by atoms with Gasteiger partial charge in [0, 0.05) is 18.2 Å². The van der Waals surface area contributed by atoms with Gasteiger partial charge in [0.25, 0.3) is 0 Å². The predicted octanol–water partition coefficient (Wildman–Crippen LogP) is 2.17. The minimum Gasteiger partial charge on any atom is -0.313 e. The molecule has 1 rings (SSSR count). The minimum absolute atomic E-state index is 0.315. The Hall–Kier alpha value is -1.53. The van der Waals surface area contributed by atoms with Crippen LogP contribution in [0.15, 0.2) is 18.2 Å². The van der Waals surface area contributed by atoms with Crippen LogP contribution in [0.4, 0.5) is 10.1 Å². The number of rotatable bonds is 8. The van der Waals surface area contributed by atoms with Crippen LogP contribution in [-0.2, 0) is 6.54 Å². The molecule has 0 aliphatic rings. The highest BCUT2D eigenvalue weighted by Crippen LogP contribution is 2.19. The molecule has 0 aromatic heterocycles. The average Bonchev–Trinajstić information content (AvgIpc) is 2.34. The topological polar surface area (TPSA) is 58.4 Å². The number of nitro benzene ring substituents is 1. The van der Waals surface area contributed by atoms with E-state index < -0.39 is 16.4 Å². The highest BCUT2D eigenvalue weighted by Gasteiger charge is 2.16. The number of nitrogens with one attached hydrogen (secondary N) is 1. The molecule has 1 aromatic rings. The van der Waals surface area contributed by atoms with Crippen molar-refractivity contribution in [2.24, 2.45) is 0 Å². The van der Waals surface area contributed by atoms with Crippen LogP contribution >= 0.6 is 0 Å². The lowest BCUT2D eigenvalue weighted by Crippen LogP contribution is -2.18. The second-order valence-corrected chi connectivity index (χ2v) is 4.69. The van der Waals surface area contributed by atoms with Gasteiger partial charge < -0.3 is 10.2 Å². The fourth-order valence-electron chi connectivity index (χ4n) is 1.74. The summed E-state index contributed by atoms with van der Waals surface area (Å²) in [5.41, 5.74) is -0.131. The van der Waals surface area contributed by atoms with E-state index in [2.05, 4.69) is 10.2 Å². The maximum Gasteiger partial charge on any atom is 0.305 e. The molecule has 1 aromatic carbocycles. The molecule has 0 aliphatic heterocycles. The maximum atomic E-state index is 13.7. The summed E-state index contributed by atoms with van der Waals surface area (Å²) in [6.45, 7) is 2.11. The standard InChI is InChI=1S/C13H20FN3O2/c1-16(2)9-4-3-8-15-10-11-6-5-7-12(13(11)14)17(18)19/h5-7,15H,3-4,8-10H2,1-2H3. The lowest BCUT2D eigenvalue weighted by atomic mass is 10.2. The fourth-order valence-corrected chi connectivity index (χ4v) is 1.74. The normalized spacial score (nSPS) is 10.9. The van der Waals surface area contributed by atoms with E-state index in [1.165, 1.54) is 12.1 Å². The van der Waals surface area contributed by atoms with Crippen molar-refractivity contribution >= 4 is 5.69 Å². The monoisotopic (exact) mass is 269 g/mol. The molecule has 0 spiro atoms. The number of unbranched alkanes of at least 4 members (excludes halogenated alkanes) is 1. The highest BCUT2D eigenvalue weighted by atomic mass is 19.1. The molecule has 0 heterocycles. The third-order valence-corrected chi connectivity index (χ3v) is 2.78. The van der Waals surface area contributed by atoms with E-state index in [9.17, 15) is 14.5 Å². The molecule has 106 valence electrons. The first-order valence-corrected chi connectivity index (χ1v) is 6.29. The van der Waals surface area contributed by atoms with Gasteiger partial charge in [-0.25, -0.2) is 0 Å². The van der Waals surface area contributed by atoms with Gasteiger partial charge in [0.1, 0.15) is 0 Å². The Kier molecular flexibility index (Phi) is 6.38. The Balaban J connectivity index is 2.37. The van der Waals surface area contributed by atoms with Crippen LogP contribution in [0.1, 0.15) is 18.4 Å². The van der Waals surface area contributed by atoms with Crippen molar-refractivity contribution in [1.82, 2.24) is 10.2 Å². The predicted molar refractivity (Wildman–Crippen MR) is 72.5 cm³/mol. The lowest BCUT2D eigenvalue weighted by molar-refractivity contribution is -0.387. The van der Waals surface area contributed by atoms with Crippen molar-refractivity contribution in [3.8, 4) is 0 Å². The minimum atomic E-state index is -0.742. The first kappa shape index (κ1) is 15.5. The summed E-state index contributed by atoms with van der Waals surface area (Å²) in [5.74, 6) is -0.742. The van der Waals surface area contributed by atoms with Crippen LogP contribution in [0.2, 0.25) is 0 Å². The molecule has 0 saturated heterocycles. The average molecular weight is 269 g/mol. The van der Waals surface area contributed by atoms with Gasteiger partial charge in [-0.15, -0.1) is 0 Å². The molecule has 0 unspecified atom stereocenters. The van der Waals surface area contributed by atoms with Crippen molar-refractivity contribution in [3.05, 3.63) is 39.7 Å². The Morgan fingerprint density at radius 1 is 1.37 bits per heavy atom. The number of halogens is 1. The van der Waals surface area contributed by atoms with Gasteiger partial charge in [0.05, 0.1) is 4.92 Å². The lowest BCUT2D eigenvalue weighted by Gasteiger charge is -2.09. The summed E-state index contributed by atoms with van der Waals surface area (Å²) in [7, 11) is 4.04. The molecule has 0 atom stereocenters.